The number of imidazole rings is 1. The molecule has 1 aliphatic carbocycles. The lowest BCUT2D eigenvalue weighted by Gasteiger charge is -2.33. The number of nitrogens with zero attached hydrogens (tertiary/aromatic N) is 3. The number of anilines is 1. The summed E-state index contributed by atoms with van der Waals surface area (Å²) in [6.45, 7) is 4.61. The first-order valence-corrected chi connectivity index (χ1v) is 11.5. The molecule has 1 aromatic heterocycles. The van der Waals surface area contributed by atoms with E-state index < -0.39 is 11.5 Å². The summed E-state index contributed by atoms with van der Waals surface area (Å²) in [4.78, 5) is 29.2. The van der Waals surface area contributed by atoms with Gasteiger partial charge in [-0.25, -0.2) is 4.98 Å². The number of hydrogen-bond acceptors (Lipinski definition) is 5. The van der Waals surface area contributed by atoms with Crippen molar-refractivity contribution >= 4 is 28.3 Å². The van der Waals surface area contributed by atoms with Gasteiger partial charge in [0.05, 0.1) is 30.9 Å². The van der Waals surface area contributed by atoms with Crippen LogP contribution in [-0.4, -0.2) is 47.9 Å². The van der Waals surface area contributed by atoms with Crippen molar-refractivity contribution < 1.29 is 14.3 Å². The maximum absolute atomic E-state index is 13.9. The first-order valence-electron chi connectivity index (χ1n) is 11.5. The van der Waals surface area contributed by atoms with Gasteiger partial charge in [0.1, 0.15) is 34.6 Å². The average Bonchev–Trinajstić information content (AvgIpc) is 3.28. The van der Waals surface area contributed by atoms with Gasteiger partial charge in [-0.15, -0.1) is 0 Å². The fourth-order valence-corrected chi connectivity index (χ4v) is 4.79. The van der Waals surface area contributed by atoms with Crippen molar-refractivity contribution in [2.45, 2.75) is 44.6 Å². The van der Waals surface area contributed by atoms with Gasteiger partial charge in [-0.1, -0.05) is 18.6 Å². The van der Waals surface area contributed by atoms with Crippen molar-refractivity contribution in [1.29, 1.82) is 0 Å². The molecule has 1 saturated carbocycles. The van der Waals surface area contributed by atoms with E-state index in [-0.39, 0.29) is 5.78 Å². The number of H-pyrrole nitrogens is 1. The molecule has 2 fully saturated rings. The van der Waals surface area contributed by atoms with Crippen molar-refractivity contribution in [3.8, 4) is 11.5 Å². The predicted octanol–water partition coefficient (Wildman–Crippen LogP) is 4.73. The van der Waals surface area contributed by atoms with Crippen LogP contribution in [0.15, 0.2) is 47.5 Å². The molecule has 33 heavy (non-hydrogen) atoms. The number of nitrogens with one attached hydrogen (secondary N) is 1. The minimum atomic E-state index is -0.820. The van der Waals surface area contributed by atoms with Crippen LogP contribution in [0, 0.1) is 5.92 Å². The van der Waals surface area contributed by atoms with Gasteiger partial charge < -0.3 is 19.4 Å². The molecule has 0 spiro atoms. The van der Waals surface area contributed by atoms with Crippen LogP contribution in [0.4, 0.5) is 5.69 Å². The molecule has 1 aliphatic heterocycles. The number of fused-ring (bicyclic) bond motifs is 1. The fourth-order valence-electron chi connectivity index (χ4n) is 4.79. The maximum atomic E-state index is 13.9. The van der Waals surface area contributed by atoms with E-state index in [0.29, 0.717) is 29.8 Å². The average molecular weight is 447 g/mol. The number of carbonyl (C=O) groups is 1. The van der Waals surface area contributed by atoms with Crippen LogP contribution in [0.5, 0.6) is 11.5 Å². The maximum Gasteiger partial charge on any atom is 0.176 e. The quantitative estimate of drug-likeness (QED) is 0.592. The van der Waals surface area contributed by atoms with E-state index in [9.17, 15) is 4.79 Å². The van der Waals surface area contributed by atoms with Crippen LogP contribution in [0.25, 0.3) is 11.0 Å². The third-order valence-electron chi connectivity index (χ3n) is 6.92. The van der Waals surface area contributed by atoms with Crippen molar-refractivity contribution in [1.82, 2.24) is 9.97 Å². The van der Waals surface area contributed by atoms with Crippen LogP contribution >= 0.6 is 0 Å². The Morgan fingerprint density at radius 2 is 1.82 bits per heavy atom. The minimum Gasteiger partial charge on any atom is -0.497 e. The Bertz CT molecular complexity index is 1170. The van der Waals surface area contributed by atoms with Crippen molar-refractivity contribution in [2.75, 3.05) is 25.7 Å². The van der Waals surface area contributed by atoms with E-state index in [2.05, 4.69) is 4.98 Å². The monoisotopic (exact) mass is 446 g/mol. The summed E-state index contributed by atoms with van der Waals surface area (Å²) in [5.74, 6) is 2.77. The molecule has 1 atom stereocenters. The molecule has 0 amide bonds. The van der Waals surface area contributed by atoms with Gasteiger partial charge in [-0.05, 0) is 44.7 Å². The normalized spacial score (nSPS) is 21.6. The van der Waals surface area contributed by atoms with Gasteiger partial charge in [-0.2, -0.15) is 0 Å². The number of para-hydroxylation sites is 2. The summed E-state index contributed by atoms with van der Waals surface area (Å²) in [7, 11) is 3.25. The zero-order chi connectivity index (χ0) is 23.2. The SMILES string of the molecule is COc1cc(OC)cc(N2C(=NCC3CCC3)C(c3nc4ccccc4[nH]3)C(=O)C2(C)C)c1. The number of carbonyl (C=O) groups excluding carboxylic acids is 1. The highest BCUT2D eigenvalue weighted by atomic mass is 16.5. The van der Waals surface area contributed by atoms with Gasteiger partial charge >= 0.3 is 0 Å². The summed E-state index contributed by atoms with van der Waals surface area (Å²) < 4.78 is 11.0. The van der Waals surface area contributed by atoms with E-state index in [1.165, 1.54) is 19.3 Å². The number of hydrogen-bond donors (Lipinski definition) is 1. The Kier molecular flexibility index (Phi) is 5.35. The number of benzene rings is 2. The van der Waals surface area contributed by atoms with Gasteiger partial charge in [0.2, 0.25) is 0 Å². The number of rotatable bonds is 6. The lowest BCUT2D eigenvalue weighted by atomic mass is 9.85. The lowest BCUT2D eigenvalue weighted by molar-refractivity contribution is -0.121. The number of aromatic nitrogens is 2. The van der Waals surface area contributed by atoms with Gasteiger partial charge in [0, 0.05) is 24.7 Å². The molecule has 172 valence electrons. The molecule has 0 radical (unpaired) electrons. The molecule has 3 aromatic rings. The topological polar surface area (TPSA) is 79.8 Å². The van der Waals surface area contributed by atoms with Crippen molar-refractivity contribution in [3.63, 3.8) is 0 Å². The highest BCUT2D eigenvalue weighted by molar-refractivity contribution is 6.26. The zero-order valence-electron chi connectivity index (χ0n) is 19.6. The predicted molar refractivity (Wildman–Crippen MR) is 130 cm³/mol. The summed E-state index contributed by atoms with van der Waals surface area (Å²) in [5.41, 5.74) is 1.76. The molecule has 2 aliphatic rings. The number of aliphatic imine (C=N–C) groups is 1. The van der Waals surface area contributed by atoms with E-state index in [0.717, 1.165) is 22.6 Å². The Morgan fingerprint density at radius 3 is 2.42 bits per heavy atom. The van der Waals surface area contributed by atoms with E-state index in [4.69, 9.17) is 19.5 Å². The molecule has 2 aromatic carbocycles. The first-order chi connectivity index (χ1) is 15.9. The molecular formula is C26H30N4O3. The van der Waals surface area contributed by atoms with Crippen LogP contribution in [-0.2, 0) is 4.79 Å². The third-order valence-corrected chi connectivity index (χ3v) is 6.92. The van der Waals surface area contributed by atoms with Gasteiger partial charge in [0.25, 0.3) is 0 Å². The Hall–Kier alpha value is -3.35. The van der Waals surface area contributed by atoms with Crippen LogP contribution in [0.3, 0.4) is 0 Å². The first kappa shape index (κ1) is 21.5. The second-order valence-electron chi connectivity index (χ2n) is 9.40. The Morgan fingerprint density at radius 1 is 1.12 bits per heavy atom. The number of methoxy groups -OCH3 is 2. The Labute approximate surface area is 193 Å². The number of Topliss-reactive ketones (excluding diaryl/α,β-unsaturated/α-hetero) is 1. The van der Waals surface area contributed by atoms with Crippen molar-refractivity contribution in [3.05, 3.63) is 48.3 Å². The second-order valence-corrected chi connectivity index (χ2v) is 9.40. The minimum absolute atomic E-state index is 0.0655. The molecule has 0 bridgehead atoms. The van der Waals surface area contributed by atoms with Gasteiger partial charge in [0.15, 0.2) is 5.78 Å². The van der Waals surface area contributed by atoms with E-state index >= 15 is 0 Å². The highest BCUT2D eigenvalue weighted by Gasteiger charge is 2.53. The molecule has 1 saturated heterocycles. The molecule has 1 unspecified atom stereocenters. The molecule has 7 heteroatoms. The summed E-state index contributed by atoms with van der Waals surface area (Å²) in [5, 5.41) is 0. The number of amidine groups is 1. The molecule has 7 nitrogen and oxygen atoms in total. The lowest BCUT2D eigenvalue weighted by Crippen LogP contribution is -2.45. The molecule has 1 N–H and O–H groups in total. The standard InChI is InChI=1S/C26H30N4O3/c1-26(2)23(31)22(24-28-20-10-5-6-11-21(20)29-24)25(27-15-16-8-7-9-16)30(26)17-12-18(32-3)14-19(13-17)33-4/h5-6,10-14,16,22H,7-9,15H2,1-4H3,(H,28,29). The summed E-state index contributed by atoms with van der Waals surface area (Å²) >= 11 is 0. The van der Waals surface area contributed by atoms with E-state index in [1.807, 2.05) is 61.2 Å². The number of ketones is 1. The molecule has 2 heterocycles. The highest BCUT2D eigenvalue weighted by Crippen LogP contribution is 2.43. The van der Waals surface area contributed by atoms with Crippen molar-refractivity contribution in [2.24, 2.45) is 10.9 Å². The third kappa shape index (κ3) is 3.65. The van der Waals surface area contributed by atoms with Gasteiger partial charge in [-0.3, -0.25) is 9.79 Å². The van der Waals surface area contributed by atoms with Crippen LogP contribution in [0.2, 0.25) is 0 Å². The summed E-state index contributed by atoms with van der Waals surface area (Å²) in [6, 6.07) is 13.5. The molecular weight excluding hydrogens is 416 g/mol. The Balaban J connectivity index is 1.66. The summed E-state index contributed by atoms with van der Waals surface area (Å²) in [6.07, 6.45) is 3.64. The zero-order valence-corrected chi connectivity index (χ0v) is 19.6. The fraction of sp³-hybridized carbons (Fsp3) is 0.423. The van der Waals surface area contributed by atoms with Crippen LogP contribution in [0.1, 0.15) is 44.9 Å². The number of aromatic amines is 1. The smallest absolute Gasteiger partial charge is 0.176 e. The largest absolute Gasteiger partial charge is 0.497 e. The second kappa shape index (κ2) is 8.21. The molecule has 5 rings (SSSR count). The van der Waals surface area contributed by atoms with E-state index in [1.54, 1.807) is 14.2 Å². The number of ether oxygens (including phenoxy) is 2. The van der Waals surface area contributed by atoms with Crippen LogP contribution < -0.4 is 14.4 Å².